The third-order valence-corrected chi connectivity index (χ3v) is 26.8. The maximum absolute atomic E-state index is 9.58. The summed E-state index contributed by atoms with van der Waals surface area (Å²) in [5, 5.41) is 43.0. The van der Waals surface area contributed by atoms with Crippen LogP contribution in [0.5, 0.6) is 0 Å². The fraction of sp³-hybridized carbons (Fsp3) is 0.0500. The summed E-state index contributed by atoms with van der Waals surface area (Å²) in [4.78, 5) is 9.29. The minimum absolute atomic E-state index is 0.432. The van der Waals surface area contributed by atoms with E-state index in [1.54, 1.807) is 0 Å². The van der Waals surface area contributed by atoms with E-state index in [4.69, 9.17) is 8.83 Å². The van der Waals surface area contributed by atoms with E-state index in [2.05, 4.69) is 396 Å². The molecule has 0 saturated carbocycles. The lowest BCUT2D eigenvalue weighted by Crippen LogP contribution is -2.10. The van der Waals surface area contributed by atoms with Crippen LogP contribution in [0.1, 0.15) is 61.8 Å². The molecule has 0 radical (unpaired) electrons. The number of benzene rings is 20. The van der Waals surface area contributed by atoms with Gasteiger partial charge in [-0.1, -0.05) is 198 Å². The first-order valence-corrected chi connectivity index (χ1v) is 44.5. The molecule has 6 aromatic heterocycles. The molecular formula is C120H80N8O2. The lowest BCUT2D eigenvalue weighted by atomic mass is 10.0. The van der Waals surface area contributed by atoms with Gasteiger partial charge in [-0.25, -0.2) is 0 Å². The van der Waals surface area contributed by atoms with Crippen LogP contribution in [0, 0.1) is 22.7 Å². The number of hydrogen-bond donors (Lipinski definition) is 0. The van der Waals surface area contributed by atoms with Crippen LogP contribution in [0.15, 0.2) is 409 Å². The second kappa shape index (κ2) is 29.8. The van der Waals surface area contributed by atoms with Crippen LogP contribution >= 0.6 is 0 Å². The number of anilines is 12. The number of rotatable bonds is 14. The van der Waals surface area contributed by atoms with Crippen molar-refractivity contribution >= 4 is 231 Å². The number of nitrogens with zero attached hydrogens (tertiary/aromatic N) is 8. The molecule has 0 amide bonds. The Kier molecular flexibility index (Phi) is 17.2. The Bertz CT molecular complexity index is 8630. The number of nitriles is 2. The molecule has 20 aromatic carbocycles. The summed E-state index contributed by atoms with van der Waals surface area (Å²) in [5.74, 6) is 0.864. The molecule has 0 fully saturated rings. The van der Waals surface area contributed by atoms with Crippen molar-refractivity contribution in [2.75, 3.05) is 19.6 Å². The predicted octanol–water partition coefficient (Wildman–Crippen LogP) is 34.0. The van der Waals surface area contributed by atoms with Crippen LogP contribution in [0.4, 0.5) is 68.2 Å². The van der Waals surface area contributed by atoms with Crippen molar-refractivity contribution in [2.45, 2.75) is 39.5 Å². The van der Waals surface area contributed by atoms with E-state index >= 15 is 0 Å². The molecule has 0 bridgehead atoms. The van der Waals surface area contributed by atoms with Crippen molar-refractivity contribution in [1.29, 1.82) is 10.5 Å². The third-order valence-electron chi connectivity index (χ3n) is 26.8. The van der Waals surface area contributed by atoms with Gasteiger partial charge in [-0.2, -0.15) is 10.5 Å². The lowest BCUT2D eigenvalue weighted by Gasteiger charge is -2.26. The molecule has 6 heterocycles. The Labute approximate surface area is 748 Å². The number of hydrogen-bond acceptors (Lipinski definition) is 8. The SMILES string of the molecule is CC(C)c1ccc(N(c2ccc(C#N)cc2)c2ccc3cc4c5cccc6c7cc8ccc(N(c9ccc(C#N)cc9)c9ccc(C(C)C)cc9)cc8cc7n(c4cc3c2)c56)cc1.c1ccc(N(c2ccc3cc4c5cccc6c7cc8ccc(N(c9ccccc9)c9cccc%10oc%11ccccc%11c9%10)cc8cc7n(c4cc3c2)c56)c2cccc3oc4ccccc4c23)cc1. The Morgan fingerprint density at radius 3 is 0.815 bits per heavy atom. The van der Waals surface area contributed by atoms with Gasteiger partial charge in [-0.05, 0) is 297 Å². The molecule has 26 aromatic rings. The summed E-state index contributed by atoms with van der Waals surface area (Å²) in [6.45, 7) is 8.87. The normalized spacial score (nSPS) is 12.0. The Morgan fingerprint density at radius 1 is 0.223 bits per heavy atom. The standard InChI is InChI=1S/C62H37N3O2.C58H43N5/c1-3-14-42(15-4-1)63(52-22-12-26-58-60(52)48-18-7-9-24-56(48)66-58)44-30-28-38-34-50-46-20-11-21-47-51-35-39-29-31-45(33-41(39)37-55(51)65(62(46)47)54(50)36-40(38)32-44)64(43-16-5-2-6-17-43)53-23-13-27-59-61(53)49-19-8-10-25-57(49)67-59;1-36(2)40-12-22-48(23-13-40)61(46-18-8-38(34-59)9-19-46)50-26-16-42-30-54-52-6-5-7-53-55-31-43-17-27-51(29-45(43)33-57(55)63(58(52)53)56(54)32-44(42)28-50)62(47-20-10-39(35-60)11-21-47)49-24-14-41(15-25-49)37(3)4/h1-37H;5-33,36-37H,1-4H3. The average molecular weight is 1670 g/mol. The maximum Gasteiger partial charge on any atom is 0.137 e. The van der Waals surface area contributed by atoms with Gasteiger partial charge in [0, 0.05) is 111 Å². The van der Waals surface area contributed by atoms with Gasteiger partial charge in [0.25, 0.3) is 0 Å². The van der Waals surface area contributed by atoms with Gasteiger partial charge in [-0.3, -0.25) is 0 Å². The number of para-hydroxylation sites is 6. The fourth-order valence-electron chi connectivity index (χ4n) is 20.6. The Balaban J connectivity index is 0.000000141. The smallest absolute Gasteiger partial charge is 0.137 e. The van der Waals surface area contributed by atoms with E-state index in [1.807, 2.05) is 72.8 Å². The molecule has 0 aliphatic rings. The summed E-state index contributed by atoms with van der Waals surface area (Å²) < 4.78 is 17.8. The Morgan fingerprint density at radius 2 is 0.492 bits per heavy atom. The zero-order valence-corrected chi connectivity index (χ0v) is 71.7. The van der Waals surface area contributed by atoms with Crippen molar-refractivity contribution in [1.82, 2.24) is 8.80 Å². The van der Waals surface area contributed by atoms with Crippen LogP contribution in [-0.2, 0) is 0 Å². The molecule has 26 rings (SSSR count). The highest BCUT2D eigenvalue weighted by molar-refractivity contribution is 6.28. The van der Waals surface area contributed by atoms with Crippen LogP contribution in [-0.4, -0.2) is 8.80 Å². The van der Waals surface area contributed by atoms with Crippen LogP contribution < -0.4 is 19.6 Å². The van der Waals surface area contributed by atoms with Gasteiger partial charge < -0.3 is 37.2 Å². The van der Waals surface area contributed by atoms with Gasteiger partial charge in [0.2, 0.25) is 0 Å². The summed E-state index contributed by atoms with van der Waals surface area (Å²) in [7, 11) is 0. The quantitative estimate of drug-likeness (QED) is 0.106. The van der Waals surface area contributed by atoms with E-state index in [-0.39, 0.29) is 0 Å². The van der Waals surface area contributed by atoms with Gasteiger partial charge in [-0.15, -0.1) is 0 Å². The second-order valence-electron chi connectivity index (χ2n) is 35.0. The summed E-state index contributed by atoms with van der Waals surface area (Å²) >= 11 is 0. The molecule has 612 valence electrons. The van der Waals surface area contributed by atoms with Crippen LogP contribution in [0.3, 0.4) is 0 Å². The molecule has 10 heteroatoms. The highest BCUT2D eigenvalue weighted by Gasteiger charge is 2.28. The highest BCUT2D eigenvalue weighted by atomic mass is 16.3. The minimum atomic E-state index is 0.432. The third kappa shape index (κ3) is 12.1. The maximum atomic E-state index is 9.58. The molecule has 0 atom stereocenters. The van der Waals surface area contributed by atoms with E-state index in [1.165, 1.54) is 120 Å². The van der Waals surface area contributed by atoms with Gasteiger partial charge >= 0.3 is 0 Å². The van der Waals surface area contributed by atoms with Crippen LogP contribution in [0.2, 0.25) is 0 Å². The Hall–Kier alpha value is -17.2. The van der Waals surface area contributed by atoms with Crippen molar-refractivity contribution in [3.05, 3.63) is 423 Å². The van der Waals surface area contributed by atoms with Gasteiger partial charge in [0.1, 0.15) is 22.3 Å². The van der Waals surface area contributed by atoms with Gasteiger partial charge in [0.15, 0.2) is 0 Å². The monoisotopic (exact) mass is 1660 g/mol. The average Bonchev–Trinajstić information content (AvgIpc) is 1.54. The lowest BCUT2D eigenvalue weighted by molar-refractivity contribution is 0.668. The van der Waals surface area contributed by atoms with E-state index in [0.717, 1.165) is 123 Å². The first-order valence-electron chi connectivity index (χ1n) is 44.5. The largest absolute Gasteiger partial charge is 0.456 e. The molecule has 0 aliphatic heterocycles. The van der Waals surface area contributed by atoms with Crippen molar-refractivity contribution in [3.63, 3.8) is 0 Å². The first-order chi connectivity index (χ1) is 64.0. The molecular weight excluding hydrogens is 1590 g/mol. The van der Waals surface area contributed by atoms with Crippen molar-refractivity contribution in [3.8, 4) is 12.1 Å². The second-order valence-corrected chi connectivity index (χ2v) is 35.0. The van der Waals surface area contributed by atoms with Crippen molar-refractivity contribution in [2.24, 2.45) is 0 Å². The summed E-state index contributed by atoms with van der Waals surface area (Å²) in [6, 6.07) is 148. The van der Waals surface area contributed by atoms with E-state index in [9.17, 15) is 10.5 Å². The highest BCUT2D eigenvalue weighted by Crippen LogP contribution is 2.51. The van der Waals surface area contributed by atoms with E-state index in [0.29, 0.717) is 23.0 Å². The molecule has 0 N–H and O–H groups in total. The minimum Gasteiger partial charge on any atom is -0.456 e. The fourth-order valence-corrected chi connectivity index (χ4v) is 20.6. The molecule has 10 nitrogen and oxygen atoms in total. The van der Waals surface area contributed by atoms with Crippen LogP contribution in [0.25, 0.3) is 163 Å². The number of fused-ring (bicyclic) bond motifs is 22. The summed E-state index contributed by atoms with van der Waals surface area (Å²) in [6.07, 6.45) is 0. The molecule has 0 saturated heterocycles. The summed E-state index contributed by atoms with van der Waals surface area (Å²) in [5.41, 5.74) is 27.3. The number of furan rings is 2. The predicted molar refractivity (Wildman–Crippen MR) is 543 cm³/mol. The van der Waals surface area contributed by atoms with E-state index < -0.39 is 0 Å². The molecule has 0 unspecified atom stereocenters. The molecule has 130 heavy (non-hydrogen) atoms. The van der Waals surface area contributed by atoms with Crippen molar-refractivity contribution < 1.29 is 8.83 Å². The first kappa shape index (κ1) is 75.4. The zero-order valence-electron chi connectivity index (χ0n) is 71.7. The molecule has 0 aliphatic carbocycles. The topological polar surface area (TPSA) is 95.6 Å². The molecule has 0 spiro atoms. The van der Waals surface area contributed by atoms with Gasteiger partial charge in [0.05, 0.1) is 78.5 Å². The zero-order chi connectivity index (χ0) is 86.7. The number of aromatic nitrogens is 2.